The summed E-state index contributed by atoms with van der Waals surface area (Å²) in [6.07, 6.45) is -2.70. The molecule has 4 nitrogen and oxygen atoms in total. The van der Waals surface area contributed by atoms with E-state index in [1.165, 1.54) is 6.07 Å². The fourth-order valence-corrected chi connectivity index (χ4v) is 3.84. The molecule has 4 rings (SSSR count). The van der Waals surface area contributed by atoms with Crippen LogP contribution in [0.5, 0.6) is 5.75 Å². The van der Waals surface area contributed by atoms with Gasteiger partial charge in [-0.25, -0.2) is 0 Å². The molecule has 2 N–H and O–H groups in total. The molecule has 0 bridgehead atoms. The van der Waals surface area contributed by atoms with Crippen molar-refractivity contribution in [1.82, 2.24) is 4.98 Å². The summed E-state index contributed by atoms with van der Waals surface area (Å²) < 4.78 is 44.2. The molecule has 0 saturated heterocycles. The van der Waals surface area contributed by atoms with E-state index in [2.05, 4.69) is 4.98 Å². The molecule has 0 spiro atoms. The molecular weight excluding hydrogens is 371 g/mol. The van der Waals surface area contributed by atoms with Crippen molar-refractivity contribution in [3.8, 4) is 5.75 Å². The Morgan fingerprint density at radius 1 is 1.21 bits per heavy atom. The van der Waals surface area contributed by atoms with Crippen LogP contribution in [-0.4, -0.2) is 16.1 Å². The predicted molar refractivity (Wildman–Crippen MR) is 97.4 cm³/mol. The Hall–Kier alpha value is -2.96. The number of fused-ring (bicyclic) bond motifs is 3. The summed E-state index contributed by atoms with van der Waals surface area (Å²) in [5.74, 6) is -0.274. The van der Waals surface area contributed by atoms with Crippen LogP contribution in [0.1, 0.15) is 41.1 Å². The number of aryl methyl sites for hydroxylation is 1. The third-order valence-electron chi connectivity index (χ3n) is 5.14. The Balaban J connectivity index is 1.54. The summed E-state index contributed by atoms with van der Waals surface area (Å²) in [6, 6.07) is 10.6. The van der Waals surface area contributed by atoms with Gasteiger partial charge in [-0.05, 0) is 54.3 Å². The van der Waals surface area contributed by atoms with Crippen molar-refractivity contribution in [2.24, 2.45) is 0 Å². The molecule has 1 aliphatic carbocycles. The quantitative estimate of drug-likeness (QED) is 0.625. The zero-order chi connectivity index (χ0) is 19.9. The molecule has 0 amide bonds. The van der Waals surface area contributed by atoms with Crippen LogP contribution < -0.4 is 4.74 Å². The third kappa shape index (κ3) is 3.56. The van der Waals surface area contributed by atoms with E-state index >= 15 is 0 Å². The number of H-pyrrole nitrogens is 1. The molecule has 1 unspecified atom stereocenters. The van der Waals surface area contributed by atoms with Crippen molar-refractivity contribution >= 4 is 16.9 Å². The standard InChI is InChI=1S/C21H18F3NO3/c22-21(23,24)14-3-1-2-12(8-14)11-28-15-5-7-18-17(10-15)16-6-4-13(9-19(26)27)20(16)25-18/h1-3,5,7-8,10,13,25H,4,6,9,11H2,(H,26,27). The van der Waals surface area contributed by atoms with Crippen molar-refractivity contribution in [3.63, 3.8) is 0 Å². The van der Waals surface area contributed by atoms with Crippen molar-refractivity contribution in [2.45, 2.75) is 38.0 Å². The number of carboxylic acids is 1. The number of nitrogens with one attached hydrogen (secondary N) is 1. The first-order chi connectivity index (χ1) is 13.3. The molecule has 28 heavy (non-hydrogen) atoms. The fourth-order valence-electron chi connectivity index (χ4n) is 3.84. The highest BCUT2D eigenvalue weighted by atomic mass is 19.4. The lowest BCUT2D eigenvalue weighted by atomic mass is 10.0. The number of carbonyl (C=O) groups is 1. The van der Waals surface area contributed by atoms with Crippen LogP contribution in [0.25, 0.3) is 10.9 Å². The van der Waals surface area contributed by atoms with Gasteiger partial charge in [-0.3, -0.25) is 4.79 Å². The van der Waals surface area contributed by atoms with Gasteiger partial charge in [0.25, 0.3) is 0 Å². The summed E-state index contributed by atoms with van der Waals surface area (Å²) in [5.41, 5.74) is 2.72. The van der Waals surface area contributed by atoms with E-state index in [-0.39, 0.29) is 18.9 Å². The van der Waals surface area contributed by atoms with Crippen LogP contribution in [0.15, 0.2) is 42.5 Å². The van der Waals surface area contributed by atoms with Crippen LogP contribution in [-0.2, 0) is 24.0 Å². The van der Waals surface area contributed by atoms with Crippen LogP contribution in [0.2, 0.25) is 0 Å². The topological polar surface area (TPSA) is 62.3 Å². The van der Waals surface area contributed by atoms with Gasteiger partial charge in [0.05, 0.1) is 12.0 Å². The number of hydrogen-bond donors (Lipinski definition) is 2. The van der Waals surface area contributed by atoms with E-state index in [1.54, 1.807) is 12.1 Å². The van der Waals surface area contributed by atoms with Crippen LogP contribution in [0.3, 0.4) is 0 Å². The maximum absolute atomic E-state index is 12.8. The van der Waals surface area contributed by atoms with Gasteiger partial charge < -0.3 is 14.8 Å². The number of halogens is 3. The molecule has 1 atom stereocenters. The first-order valence-electron chi connectivity index (χ1n) is 8.96. The van der Waals surface area contributed by atoms with Crippen molar-refractivity contribution in [3.05, 3.63) is 64.8 Å². The van der Waals surface area contributed by atoms with E-state index in [1.807, 2.05) is 12.1 Å². The highest BCUT2D eigenvalue weighted by Crippen LogP contribution is 2.40. The van der Waals surface area contributed by atoms with Gasteiger partial charge in [0.1, 0.15) is 12.4 Å². The smallest absolute Gasteiger partial charge is 0.416 e. The number of carboxylic acid groups (broad SMARTS) is 1. The van der Waals surface area contributed by atoms with Gasteiger partial charge in [-0.2, -0.15) is 13.2 Å². The maximum atomic E-state index is 12.8. The number of ether oxygens (including phenoxy) is 1. The Bertz CT molecular complexity index is 1040. The van der Waals surface area contributed by atoms with Gasteiger partial charge >= 0.3 is 12.1 Å². The first kappa shape index (κ1) is 18.4. The molecule has 1 aliphatic rings. The molecular formula is C21H18F3NO3. The Labute approximate surface area is 158 Å². The van der Waals surface area contributed by atoms with Gasteiger partial charge in [0.15, 0.2) is 0 Å². The lowest BCUT2D eigenvalue weighted by Gasteiger charge is -2.10. The SMILES string of the molecule is O=C(O)CC1CCc2c1[nH]c1ccc(OCc3cccc(C(F)(F)F)c3)cc21. The monoisotopic (exact) mass is 389 g/mol. The van der Waals surface area contributed by atoms with E-state index in [4.69, 9.17) is 9.84 Å². The average Bonchev–Trinajstić information content (AvgIpc) is 3.19. The second-order valence-corrected chi connectivity index (χ2v) is 7.04. The third-order valence-corrected chi connectivity index (χ3v) is 5.14. The van der Waals surface area contributed by atoms with Gasteiger partial charge in [0.2, 0.25) is 0 Å². The van der Waals surface area contributed by atoms with Crippen LogP contribution in [0.4, 0.5) is 13.2 Å². The number of hydrogen-bond acceptors (Lipinski definition) is 2. The van der Waals surface area contributed by atoms with E-state index in [0.717, 1.165) is 47.1 Å². The second kappa shape index (κ2) is 6.89. The Morgan fingerprint density at radius 3 is 2.79 bits per heavy atom. The molecule has 7 heteroatoms. The number of rotatable bonds is 5. The lowest BCUT2D eigenvalue weighted by Crippen LogP contribution is -2.06. The van der Waals surface area contributed by atoms with Gasteiger partial charge in [-0.15, -0.1) is 0 Å². The summed E-state index contributed by atoms with van der Waals surface area (Å²) in [4.78, 5) is 14.3. The second-order valence-electron chi connectivity index (χ2n) is 7.04. The van der Waals surface area contributed by atoms with Crippen molar-refractivity contribution in [2.75, 3.05) is 0 Å². The molecule has 0 radical (unpaired) electrons. The highest BCUT2D eigenvalue weighted by Gasteiger charge is 2.30. The zero-order valence-electron chi connectivity index (χ0n) is 14.8. The largest absolute Gasteiger partial charge is 0.489 e. The molecule has 0 fully saturated rings. The molecule has 0 aliphatic heterocycles. The minimum Gasteiger partial charge on any atom is -0.489 e. The normalized spacial score (nSPS) is 16.3. The minimum absolute atomic E-state index is 0.0191. The maximum Gasteiger partial charge on any atom is 0.416 e. The summed E-state index contributed by atoms with van der Waals surface area (Å²) in [5, 5.41) is 10.0. The number of aliphatic carboxylic acids is 1. The molecule has 3 aromatic rings. The first-order valence-corrected chi connectivity index (χ1v) is 8.96. The molecule has 1 heterocycles. The van der Waals surface area contributed by atoms with Gasteiger partial charge in [-0.1, -0.05) is 12.1 Å². The molecule has 2 aromatic carbocycles. The lowest BCUT2D eigenvalue weighted by molar-refractivity contribution is -0.138. The van der Waals surface area contributed by atoms with E-state index in [0.29, 0.717) is 11.3 Å². The van der Waals surface area contributed by atoms with Gasteiger partial charge in [0, 0.05) is 22.5 Å². The summed E-state index contributed by atoms with van der Waals surface area (Å²) in [7, 11) is 0. The van der Waals surface area contributed by atoms with Crippen molar-refractivity contribution in [1.29, 1.82) is 0 Å². The number of alkyl halides is 3. The zero-order valence-corrected chi connectivity index (χ0v) is 14.8. The summed E-state index contributed by atoms with van der Waals surface area (Å²) >= 11 is 0. The van der Waals surface area contributed by atoms with E-state index < -0.39 is 17.7 Å². The number of aromatic nitrogens is 1. The van der Waals surface area contributed by atoms with Crippen LogP contribution in [0, 0.1) is 0 Å². The van der Waals surface area contributed by atoms with Crippen molar-refractivity contribution < 1.29 is 27.8 Å². The highest BCUT2D eigenvalue weighted by molar-refractivity contribution is 5.87. The minimum atomic E-state index is -4.38. The predicted octanol–water partition coefficient (Wildman–Crippen LogP) is 5.27. The molecule has 1 aromatic heterocycles. The number of aromatic amines is 1. The number of benzene rings is 2. The average molecular weight is 389 g/mol. The fraction of sp³-hybridized carbons (Fsp3) is 0.286. The van der Waals surface area contributed by atoms with E-state index in [9.17, 15) is 18.0 Å². The van der Waals surface area contributed by atoms with Crippen LogP contribution >= 0.6 is 0 Å². The molecule has 0 saturated carbocycles. The Kier molecular flexibility index (Phi) is 4.53. The molecule has 146 valence electrons. The summed E-state index contributed by atoms with van der Waals surface area (Å²) in [6.45, 7) is 0.0314. The Morgan fingerprint density at radius 2 is 2.04 bits per heavy atom.